The van der Waals surface area contributed by atoms with Gasteiger partial charge in [0.15, 0.2) is 0 Å². The third kappa shape index (κ3) is 4.47. The molecule has 0 spiro atoms. The molecule has 3 rings (SSSR count). The normalized spacial score (nSPS) is 15.6. The molecule has 1 heterocycles. The zero-order valence-electron chi connectivity index (χ0n) is 15.4. The molecule has 0 bridgehead atoms. The summed E-state index contributed by atoms with van der Waals surface area (Å²) >= 11 is 0. The Bertz CT molecular complexity index is 934. The predicted octanol–water partition coefficient (Wildman–Crippen LogP) is 3.81. The van der Waals surface area contributed by atoms with Gasteiger partial charge < -0.3 is 4.90 Å². The maximum Gasteiger partial charge on any atom is 0.262 e. The van der Waals surface area contributed by atoms with Crippen LogP contribution in [0.3, 0.4) is 0 Å². The van der Waals surface area contributed by atoms with Gasteiger partial charge in [0.2, 0.25) is 0 Å². The van der Waals surface area contributed by atoms with Gasteiger partial charge in [-0.3, -0.25) is 9.52 Å². The van der Waals surface area contributed by atoms with E-state index in [0.29, 0.717) is 30.1 Å². The fourth-order valence-corrected chi connectivity index (χ4v) is 4.48. The molecular formula is C20H23FN2O3S. The highest BCUT2D eigenvalue weighted by molar-refractivity contribution is 7.92. The van der Waals surface area contributed by atoms with E-state index < -0.39 is 15.8 Å². The third-order valence-corrected chi connectivity index (χ3v) is 6.42. The highest BCUT2D eigenvalue weighted by Crippen LogP contribution is 2.23. The summed E-state index contributed by atoms with van der Waals surface area (Å²) < 4.78 is 41.0. The minimum atomic E-state index is -3.90. The largest absolute Gasteiger partial charge is 0.339 e. The van der Waals surface area contributed by atoms with Gasteiger partial charge in [0, 0.05) is 24.3 Å². The van der Waals surface area contributed by atoms with Crippen LogP contribution in [0.5, 0.6) is 0 Å². The molecule has 0 atom stereocenters. The molecule has 1 N–H and O–H groups in total. The van der Waals surface area contributed by atoms with Crippen LogP contribution in [-0.2, 0) is 10.0 Å². The van der Waals surface area contributed by atoms with Crippen molar-refractivity contribution in [3.63, 3.8) is 0 Å². The standard InChI is InChI=1S/C20H23FN2O3S/c1-14-9-11-23(12-10-14)20(24)16-4-3-15(2)19(13-16)27(25,26)22-18-7-5-17(21)6-8-18/h3-8,13-14,22H,9-12H2,1-2H3. The molecule has 27 heavy (non-hydrogen) atoms. The van der Waals surface area contributed by atoms with Crippen molar-refractivity contribution in [3.05, 3.63) is 59.4 Å². The van der Waals surface area contributed by atoms with Gasteiger partial charge >= 0.3 is 0 Å². The zero-order chi connectivity index (χ0) is 19.6. The summed E-state index contributed by atoms with van der Waals surface area (Å²) in [5.41, 5.74) is 1.15. The van der Waals surface area contributed by atoms with Gasteiger partial charge in [-0.15, -0.1) is 0 Å². The lowest BCUT2D eigenvalue weighted by molar-refractivity contribution is 0.0697. The van der Waals surface area contributed by atoms with Crippen LogP contribution < -0.4 is 4.72 Å². The minimum Gasteiger partial charge on any atom is -0.339 e. The van der Waals surface area contributed by atoms with Gasteiger partial charge in [-0.25, -0.2) is 12.8 Å². The number of piperidine rings is 1. The molecule has 5 nitrogen and oxygen atoms in total. The van der Waals surface area contributed by atoms with E-state index in [4.69, 9.17) is 0 Å². The fourth-order valence-electron chi connectivity index (χ4n) is 3.14. The molecule has 0 aromatic heterocycles. The Kier molecular flexibility index (Phi) is 5.51. The highest BCUT2D eigenvalue weighted by atomic mass is 32.2. The minimum absolute atomic E-state index is 0.0445. The van der Waals surface area contributed by atoms with E-state index in [2.05, 4.69) is 11.6 Å². The van der Waals surface area contributed by atoms with E-state index >= 15 is 0 Å². The van der Waals surface area contributed by atoms with Crippen molar-refractivity contribution in [2.24, 2.45) is 5.92 Å². The first-order valence-electron chi connectivity index (χ1n) is 8.94. The van der Waals surface area contributed by atoms with Gasteiger partial charge in [-0.05, 0) is 67.6 Å². The van der Waals surface area contributed by atoms with Crippen LogP contribution >= 0.6 is 0 Å². The van der Waals surface area contributed by atoms with Crippen LogP contribution in [0.4, 0.5) is 10.1 Å². The summed E-state index contributed by atoms with van der Waals surface area (Å²) in [6.45, 7) is 5.21. The van der Waals surface area contributed by atoms with Gasteiger partial charge in [0.05, 0.1) is 4.90 Å². The van der Waals surface area contributed by atoms with Crippen molar-refractivity contribution in [2.45, 2.75) is 31.6 Å². The van der Waals surface area contributed by atoms with Gasteiger partial charge in [-0.2, -0.15) is 0 Å². The number of rotatable bonds is 4. The summed E-state index contributed by atoms with van der Waals surface area (Å²) in [6.07, 6.45) is 1.91. The quantitative estimate of drug-likeness (QED) is 0.863. The number of sulfonamides is 1. The molecule has 0 aliphatic carbocycles. The molecule has 144 valence electrons. The number of carbonyl (C=O) groups excluding carboxylic acids is 1. The van der Waals surface area contributed by atoms with Crippen molar-refractivity contribution in [1.29, 1.82) is 0 Å². The summed E-state index contributed by atoms with van der Waals surface area (Å²) in [5, 5.41) is 0. The summed E-state index contributed by atoms with van der Waals surface area (Å²) in [6, 6.07) is 9.79. The van der Waals surface area contributed by atoms with E-state index in [9.17, 15) is 17.6 Å². The van der Waals surface area contributed by atoms with Crippen LogP contribution in [0.2, 0.25) is 0 Å². The highest BCUT2D eigenvalue weighted by Gasteiger charge is 2.24. The molecule has 1 saturated heterocycles. The van der Waals surface area contributed by atoms with Crippen molar-refractivity contribution in [2.75, 3.05) is 17.8 Å². The Morgan fingerprint density at radius 3 is 2.37 bits per heavy atom. The smallest absolute Gasteiger partial charge is 0.262 e. The van der Waals surface area contributed by atoms with E-state index in [1.807, 2.05) is 0 Å². The number of carbonyl (C=O) groups is 1. The Labute approximate surface area is 159 Å². The second-order valence-electron chi connectivity index (χ2n) is 7.07. The second kappa shape index (κ2) is 7.68. The molecule has 1 fully saturated rings. The number of aryl methyl sites for hydroxylation is 1. The third-order valence-electron chi connectivity index (χ3n) is 4.89. The second-order valence-corrected chi connectivity index (χ2v) is 8.72. The topological polar surface area (TPSA) is 66.5 Å². The number of anilines is 1. The Morgan fingerprint density at radius 2 is 1.74 bits per heavy atom. The maximum absolute atomic E-state index is 13.0. The number of hydrogen-bond donors (Lipinski definition) is 1. The number of benzene rings is 2. The van der Waals surface area contributed by atoms with E-state index in [0.717, 1.165) is 12.8 Å². The van der Waals surface area contributed by atoms with Crippen molar-refractivity contribution in [1.82, 2.24) is 4.90 Å². The first-order valence-corrected chi connectivity index (χ1v) is 10.4. The molecule has 1 amide bonds. The number of nitrogens with zero attached hydrogens (tertiary/aromatic N) is 1. The average molecular weight is 390 g/mol. The molecular weight excluding hydrogens is 367 g/mol. The van der Waals surface area contributed by atoms with Crippen molar-refractivity contribution in [3.8, 4) is 0 Å². The molecule has 0 saturated carbocycles. The summed E-state index contributed by atoms with van der Waals surface area (Å²) in [7, 11) is -3.90. The first-order chi connectivity index (χ1) is 12.8. The molecule has 1 aliphatic rings. The number of nitrogens with one attached hydrogen (secondary N) is 1. The Hall–Kier alpha value is -2.41. The lowest BCUT2D eigenvalue weighted by Gasteiger charge is -2.30. The maximum atomic E-state index is 13.0. The van der Waals surface area contributed by atoms with Crippen LogP contribution in [0.1, 0.15) is 35.7 Å². The predicted molar refractivity (Wildman–Crippen MR) is 103 cm³/mol. The van der Waals surface area contributed by atoms with Crippen LogP contribution in [0, 0.1) is 18.7 Å². The SMILES string of the molecule is Cc1ccc(C(=O)N2CCC(C)CC2)cc1S(=O)(=O)Nc1ccc(F)cc1. The lowest BCUT2D eigenvalue weighted by atomic mass is 9.98. The van der Waals surface area contributed by atoms with E-state index in [1.54, 1.807) is 24.0 Å². The van der Waals surface area contributed by atoms with Crippen LogP contribution in [-0.4, -0.2) is 32.3 Å². The number of likely N-dealkylation sites (tertiary alicyclic amines) is 1. The van der Waals surface area contributed by atoms with E-state index in [-0.39, 0.29) is 16.5 Å². The summed E-state index contributed by atoms with van der Waals surface area (Å²) in [4.78, 5) is 14.6. The Balaban J connectivity index is 1.86. The summed E-state index contributed by atoms with van der Waals surface area (Å²) in [5.74, 6) is 0.000574. The van der Waals surface area contributed by atoms with Crippen LogP contribution in [0.25, 0.3) is 0 Å². The average Bonchev–Trinajstić information content (AvgIpc) is 2.64. The van der Waals surface area contributed by atoms with Crippen molar-refractivity contribution >= 4 is 21.6 Å². The zero-order valence-corrected chi connectivity index (χ0v) is 16.2. The number of hydrogen-bond acceptors (Lipinski definition) is 3. The first kappa shape index (κ1) is 19.4. The molecule has 0 unspecified atom stereocenters. The molecule has 0 radical (unpaired) electrons. The number of amides is 1. The van der Waals surface area contributed by atoms with Gasteiger partial charge in [0.1, 0.15) is 5.82 Å². The van der Waals surface area contributed by atoms with Crippen LogP contribution in [0.15, 0.2) is 47.4 Å². The molecule has 2 aromatic rings. The van der Waals surface area contributed by atoms with E-state index in [1.165, 1.54) is 30.3 Å². The number of halogens is 1. The van der Waals surface area contributed by atoms with Gasteiger partial charge in [-0.1, -0.05) is 13.0 Å². The molecule has 1 aliphatic heterocycles. The van der Waals surface area contributed by atoms with Crippen molar-refractivity contribution < 1.29 is 17.6 Å². The fraction of sp³-hybridized carbons (Fsp3) is 0.350. The molecule has 7 heteroatoms. The Morgan fingerprint density at radius 1 is 1.11 bits per heavy atom. The van der Waals surface area contributed by atoms with Gasteiger partial charge in [0.25, 0.3) is 15.9 Å². The monoisotopic (exact) mass is 390 g/mol. The lowest BCUT2D eigenvalue weighted by Crippen LogP contribution is -2.38. The molecule has 2 aromatic carbocycles.